The molecule has 2 aromatic carbocycles. The molecule has 0 fully saturated rings. The third-order valence-corrected chi connectivity index (χ3v) is 4.69. The fourth-order valence-electron chi connectivity index (χ4n) is 2.84. The minimum Gasteiger partial charge on any atom is -0.465 e. The number of allylic oxidation sites excluding steroid dienone is 1. The molecule has 0 unspecified atom stereocenters. The van der Waals surface area contributed by atoms with Crippen molar-refractivity contribution >= 4 is 35.2 Å². The first-order valence-corrected chi connectivity index (χ1v) is 10.3. The third kappa shape index (κ3) is 7.43. The zero-order valence-electron chi connectivity index (χ0n) is 18.1. The Morgan fingerprint density at radius 3 is 2.27 bits per heavy atom. The maximum atomic E-state index is 12.2. The summed E-state index contributed by atoms with van der Waals surface area (Å²) in [5.41, 5.74) is 2.44. The first-order valence-electron chi connectivity index (χ1n) is 10.3. The Morgan fingerprint density at radius 1 is 0.909 bits per heavy atom. The summed E-state index contributed by atoms with van der Waals surface area (Å²) in [6, 6.07) is 16.8. The van der Waals surface area contributed by atoms with E-state index in [-0.39, 0.29) is 36.9 Å². The number of benzene rings is 2. The predicted octanol–water partition coefficient (Wildman–Crippen LogP) is 4.63. The normalized spacial score (nSPS) is 10.7. The number of ether oxygens (including phenoxy) is 1. The van der Waals surface area contributed by atoms with Gasteiger partial charge in [0.15, 0.2) is 18.2 Å². The molecule has 0 aliphatic carbocycles. The molecule has 0 bridgehead atoms. The van der Waals surface area contributed by atoms with Gasteiger partial charge in [0.05, 0.1) is 12.7 Å². The Balaban J connectivity index is 1.40. The van der Waals surface area contributed by atoms with Crippen molar-refractivity contribution in [3.05, 3.63) is 95.5 Å². The van der Waals surface area contributed by atoms with Crippen molar-refractivity contribution in [3.63, 3.8) is 0 Å². The van der Waals surface area contributed by atoms with Crippen LogP contribution in [0.25, 0.3) is 6.08 Å². The average molecular weight is 445 g/mol. The summed E-state index contributed by atoms with van der Waals surface area (Å²) in [5.74, 6) is -0.942. The van der Waals surface area contributed by atoms with Gasteiger partial charge in [-0.15, -0.1) is 0 Å². The number of ketones is 2. The van der Waals surface area contributed by atoms with Gasteiger partial charge >= 0.3 is 5.97 Å². The van der Waals surface area contributed by atoms with E-state index in [2.05, 4.69) is 5.32 Å². The molecule has 0 atom stereocenters. The molecule has 168 valence electrons. The third-order valence-electron chi connectivity index (χ3n) is 4.69. The van der Waals surface area contributed by atoms with Crippen LogP contribution in [-0.2, 0) is 14.3 Å². The number of amides is 1. The van der Waals surface area contributed by atoms with E-state index in [1.807, 2.05) is 6.92 Å². The quantitative estimate of drug-likeness (QED) is 0.277. The van der Waals surface area contributed by atoms with Crippen molar-refractivity contribution in [2.45, 2.75) is 19.8 Å². The molecule has 1 N–H and O–H groups in total. The van der Waals surface area contributed by atoms with E-state index in [1.54, 1.807) is 66.7 Å². The molecular weight excluding hydrogens is 422 g/mol. The topological polar surface area (TPSA) is 103 Å². The molecule has 7 heteroatoms. The number of rotatable bonds is 10. The monoisotopic (exact) mass is 445 g/mol. The summed E-state index contributed by atoms with van der Waals surface area (Å²) >= 11 is 0. The van der Waals surface area contributed by atoms with Gasteiger partial charge in [-0.2, -0.15) is 0 Å². The lowest BCUT2D eigenvalue weighted by atomic mass is 10.1. The van der Waals surface area contributed by atoms with Gasteiger partial charge in [0, 0.05) is 23.2 Å². The summed E-state index contributed by atoms with van der Waals surface area (Å²) < 4.78 is 10.1. The molecule has 33 heavy (non-hydrogen) atoms. The molecule has 0 aliphatic rings. The smallest absolute Gasteiger partial charge is 0.306 e. The highest BCUT2D eigenvalue weighted by Crippen LogP contribution is 2.13. The molecule has 1 heterocycles. The average Bonchev–Trinajstić information content (AvgIpc) is 3.34. The minimum absolute atomic E-state index is 0.0931. The number of aryl methyl sites for hydroxylation is 1. The van der Waals surface area contributed by atoms with Crippen molar-refractivity contribution in [1.82, 2.24) is 0 Å². The van der Waals surface area contributed by atoms with Gasteiger partial charge in [0.25, 0.3) is 0 Å². The fraction of sp³-hybridized carbons (Fsp3) is 0.154. The Kier molecular flexibility index (Phi) is 8.07. The van der Waals surface area contributed by atoms with Crippen molar-refractivity contribution in [1.29, 1.82) is 0 Å². The summed E-state index contributed by atoms with van der Waals surface area (Å²) in [4.78, 5) is 48.1. The number of carbonyl (C=O) groups excluding carboxylic acids is 4. The van der Waals surface area contributed by atoms with E-state index < -0.39 is 5.97 Å². The SMILES string of the molecule is Cc1ccc(C(=O)COC(=O)CCC(=O)Nc2ccc(C(=O)C=Cc3ccco3)cc2)cc1. The van der Waals surface area contributed by atoms with Gasteiger partial charge in [0.2, 0.25) is 5.91 Å². The number of hydrogen-bond acceptors (Lipinski definition) is 6. The first kappa shape index (κ1) is 23.4. The van der Waals surface area contributed by atoms with Crippen LogP contribution in [0, 0.1) is 6.92 Å². The van der Waals surface area contributed by atoms with E-state index in [0.717, 1.165) is 5.56 Å². The van der Waals surface area contributed by atoms with Crippen LogP contribution in [0.2, 0.25) is 0 Å². The summed E-state index contributed by atoms with van der Waals surface area (Å²) in [6.07, 6.45) is 4.25. The minimum atomic E-state index is -0.630. The molecule has 1 aromatic heterocycles. The number of esters is 1. The maximum absolute atomic E-state index is 12.2. The van der Waals surface area contributed by atoms with Crippen molar-refractivity contribution in [3.8, 4) is 0 Å². The summed E-state index contributed by atoms with van der Waals surface area (Å²) in [7, 11) is 0. The molecule has 0 saturated carbocycles. The zero-order valence-corrected chi connectivity index (χ0v) is 18.1. The number of furan rings is 1. The van der Waals surface area contributed by atoms with E-state index >= 15 is 0 Å². The number of anilines is 1. The maximum Gasteiger partial charge on any atom is 0.306 e. The Labute approximate surface area is 191 Å². The molecule has 3 rings (SSSR count). The largest absolute Gasteiger partial charge is 0.465 e. The number of hydrogen-bond donors (Lipinski definition) is 1. The molecule has 1 amide bonds. The standard InChI is InChI=1S/C26H23NO6/c1-18-4-6-20(7-5-18)24(29)17-33-26(31)15-14-25(30)27-21-10-8-19(9-11-21)23(28)13-12-22-3-2-16-32-22/h2-13,16H,14-15,17H2,1H3,(H,27,30). The van der Waals surface area contributed by atoms with Crippen LogP contribution in [0.4, 0.5) is 5.69 Å². The Morgan fingerprint density at radius 2 is 1.61 bits per heavy atom. The van der Waals surface area contributed by atoms with Gasteiger partial charge in [-0.1, -0.05) is 29.8 Å². The lowest BCUT2D eigenvalue weighted by molar-refractivity contribution is -0.143. The van der Waals surface area contributed by atoms with Crippen LogP contribution in [-0.4, -0.2) is 30.0 Å². The highest BCUT2D eigenvalue weighted by Gasteiger charge is 2.12. The molecule has 0 aliphatic heterocycles. The van der Waals surface area contributed by atoms with Crippen LogP contribution >= 0.6 is 0 Å². The summed E-state index contributed by atoms with van der Waals surface area (Å²) in [6.45, 7) is 1.54. The molecule has 0 spiro atoms. The zero-order chi connectivity index (χ0) is 23.6. The van der Waals surface area contributed by atoms with Gasteiger partial charge in [0.1, 0.15) is 5.76 Å². The molecule has 3 aromatic rings. The molecular formula is C26H23NO6. The van der Waals surface area contributed by atoms with E-state index in [9.17, 15) is 19.2 Å². The van der Waals surface area contributed by atoms with Gasteiger partial charge in [-0.3, -0.25) is 19.2 Å². The number of Topliss-reactive ketones (excluding diaryl/α,β-unsaturated/α-hetero) is 1. The van der Waals surface area contributed by atoms with Crippen LogP contribution < -0.4 is 5.32 Å². The van der Waals surface area contributed by atoms with Gasteiger partial charge in [-0.05, 0) is 55.5 Å². The second-order valence-electron chi connectivity index (χ2n) is 7.29. The van der Waals surface area contributed by atoms with Crippen LogP contribution in [0.15, 0.2) is 77.4 Å². The molecule has 0 saturated heterocycles. The second kappa shape index (κ2) is 11.4. The lowest BCUT2D eigenvalue weighted by Gasteiger charge is -2.07. The second-order valence-corrected chi connectivity index (χ2v) is 7.29. The van der Waals surface area contributed by atoms with Crippen molar-refractivity contribution < 1.29 is 28.3 Å². The predicted molar refractivity (Wildman–Crippen MR) is 123 cm³/mol. The van der Waals surface area contributed by atoms with Crippen LogP contribution in [0.3, 0.4) is 0 Å². The molecule has 7 nitrogen and oxygen atoms in total. The van der Waals surface area contributed by atoms with Crippen molar-refractivity contribution in [2.75, 3.05) is 11.9 Å². The highest BCUT2D eigenvalue weighted by atomic mass is 16.5. The van der Waals surface area contributed by atoms with Crippen LogP contribution in [0.1, 0.15) is 44.9 Å². The van der Waals surface area contributed by atoms with Gasteiger partial charge < -0.3 is 14.5 Å². The Hall–Kier alpha value is -4.26. The van der Waals surface area contributed by atoms with E-state index in [1.165, 1.54) is 12.3 Å². The Bertz CT molecular complexity index is 1140. The molecule has 0 radical (unpaired) electrons. The number of nitrogens with one attached hydrogen (secondary N) is 1. The van der Waals surface area contributed by atoms with E-state index in [0.29, 0.717) is 22.6 Å². The van der Waals surface area contributed by atoms with Crippen molar-refractivity contribution in [2.24, 2.45) is 0 Å². The van der Waals surface area contributed by atoms with Gasteiger partial charge in [-0.25, -0.2) is 0 Å². The van der Waals surface area contributed by atoms with Crippen LogP contribution in [0.5, 0.6) is 0 Å². The summed E-state index contributed by atoms with van der Waals surface area (Å²) in [5, 5.41) is 2.66. The first-order chi connectivity index (χ1) is 15.9. The van der Waals surface area contributed by atoms with E-state index in [4.69, 9.17) is 9.15 Å². The highest BCUT2D eigenvalue weighted by molar-refractivity contribution is 6.07. The number of carbonyl (C=O) groups is 4. The fourth-order valence-corrected chi connectivity index (χ4v) is 2.84. The lowest BCUT2D eigenvalue weighted by Crippen LogP contribution is -2.17.